The summed E-state index contributed by atoms with van der Waals surface area (Å²) in [6.07, 6.45) is 3.10. The van der Waals surface area contributed by atoms with Gasteiger partial charge < -0.3 is 0 Å². The minimum Gasteiger partial charge on any atom is -0.273 e. The van der Waals surface area contributed by atoms with E-state index in [4.69, 9.17) is 0 Å². The Hall–Kier alpha value is -3.04. The van der Waals surface area contributed by atoms with Crippen molar-refractivity contribution in [2.24, 2.45) is 0 Å². The number of hydrogen-bond acceptors (Lipinski definition) is 4. The van der Waals surface area contributed by atoms with E-state index in [1.54, 1.807) is 30.5 Å². The van der Waals surface area contributed by atoms with Gasteiger partial charge in [-0.3, -0.25) is 10.2 Å². The van der Waals surface area contributed by atoms with Gasteiger partial charge in [-0.25, -0.2) is 17.5 Å². The fourth-order valence-electron chi connectivity index (χ4n) is 2.10. The molecule has 2 aromatic carbocycles. The summed E-state index contributed by atoms with van der Waals surface area (Å²) < 4.78 is 39.3. The molecule has 0 aliphatic rings. The van der Waals surface area contributed by atoms with Crippen LogP contribution in [-0.4, -0.2) is 24.1 Å². The predicted octanol–water partition coefficient (Wildman–Crippen LogP) is 1.63. The van der Waals surface area contributed by atoms with Crippen molar-refractivity contribution in [3.63, 3.8) is 0 Å². The number of nitrogens with zero attached hydrogens (tertiary/aromatic N) is 2. The second-order valence-corrected chi connectivity index (χ2v) is 6.70. The first kappa shape index (κ1) is 16.8. The fourth-order valence-corrected chi connectivity index (χ4v) is 2.96. The SMILES string of the molecule is O=C(NNS(=O)(=O)c1ccccc1)c1cc(F)cc(-n2cccn2)c1. The third-order valence-corrected chi connectivity index (χ3v) is 4.53. The van der Waals surface area contributed by atoms with Crippen LogP contribution in [0.15, 0.2) is 71.9 Å². The maximum Gasteiger partial charge on any atom is 0.266 e. The third-order valence-electron chi connectivity index (χ3n) is 3.27. The number of halogens is 1. The number of nitrogens with one attached hydrogen (secondary N) is 2. The van der Waals surface area contributed by atoms with Crippen molar-refractivity contribution in [3.05, 3.63) is 78.4 Å². The van der Waals surface area contributed by atoms with Crippen LogP contribution in [0.25, 0.3) is 5.69 Å². The van der Waals surface area contributed by atoms with Crippen LogP contribution in [-0.2, 0) is 10.0 Å². The van der Waals surface area contributed by atoms with Crippen LogP contribution in [0.1, 0.15) is 10.4 Å². The Balaban J connectivity index is 1.78. The van der Waals surface area contributed by atoms with Crippen LogP contribution in [0.3, 0.4) is 0 Å². The smallest absolute Gasteiger partial charge is 0.266 e. The molecule has 0 saturated heterocycles. The first-order valence-corrected chi connectivity index (χ1v) is 8.62. The van der Waals surface area contributed by atoms with Gasteiger partial charge in [-0.1, -0.05) is 18.2 Å². The average molecular weight is 360 g/mol. The van der Waals surface area contributed by atoms with Crippen molar-refractivity contribution in [2.75, 3.05) is 0 Å². The molecule has 3 rings (SSSR count). The molecular formula is C16H13FN4O3S. The maximum absolute atomic E-state index is 13.8. The second-order valence-electron chi connectivity index (χ2n) is 5.02. The van der Waals surface area contributed by atoms with Gasteiger partial charge in [0, 0.05) is 18.0 Å². The van der Waals surface area contributed by atoms with E-state index >= 15 is 0 Å². The van der Waals surface area contributed by atoms with Crippen molar-refractivity contribution in [2.45, 2.75) is 4.90 Å². The third kappa shape index (κ3) is 3.90. The molecule has 2 N–H and O–H groups in total. The van der Waals surface area contributed by atoms with E-state index in [2.05, 4.69) is 10.5 Å². The van der Waals surface area contributed by atoms with Crippen molar-refractivity contribution in [3.8, 4) is 5.69 Å². The number of hydrazine groups is 1. The van der Waals surface area contributed by atoms with E-state index in [1.807, 2.05) is 4.83 Å². The van der Waals surface area contributed by atoms with Crippen LogP contribution < -0.4 is 10.3 Å². The average Bonchev–Trinajstić information content (AvgIpc) is 3.15. The Morgan fingerprint density at radius 1 is 1.08 bits per heavy atom. The highest BCUT2D eigenvalue weighted by Gasteiger charge is 2.16. The van der Waals surface area contributed by atoms with Crippen LogP contribution in [0.5, 0.6) is 0 Å². The van der Waals surface area contributed by atoms with Crippen molar-refractivity contribution in [1.29, 1.82) is 0 Å². The van der Waals surface area contributed by atoms with Crippen molar-refractivity contribution in [1.82, 2.24) is 20.0 Å². The zero-order valence-electron chi connectivity index (χ0n) is 12.8. The lowest BCUT2D eigenvalue weighted by Crippen LogP contribution is -2.41. The minimum absolute atomic E-state index is 0.00762. The van der Waals surface area contributed by atoms with Gasteiger partial charge in [0.15, 0.2) is 0 Å². The summed E-state index contributed by atoms with van der Waals surface area (Å²) in [5, 5.41) is 3.96. The Morgan fingerprint density at radius 3 is 2.52 bits per heavy atom. The monoisotopic (exact) mass is 360 g/mol. The lowest BCUT2D eigenvalue weighted by molar-refractivity contribution is 0.0944. The number of sulfonamides is 1. The topological polar surface area (TPSA) is 93.1 Å². The molecule has 0 spiro atoms. The van der Waals surface area contributed by atoms with E-state index in [-0.39, 0.29) is 10.5 Å². The van der Waals surface area contributed by atoms with Gasteiger partial charge in [-0.15, -0.1) is 4.83 Å². The molecule has 7 nitrogen and oxygen atoms in total. The molecule has 128 valence electrons. The first-order chi connectivity index (χ1) is 12.0. The van der Waals surface area contributed by atoms with Gasteiger partial charge in [0.25, 0.3) is 15.9 Å². The molecule has 0 radical (unpaired) electrons. The zero-order valence-corrected chi connectivity index (χ0v) is 13.6. The molecule has 25 heavy (non-hydrogen) atoms. The van der Waals surface area contributed by atoms with E-state index in [0.29, 0.717) is 5.69 Å². The molecule has 0 saturated carbocycles. The number of carbonyl (C=O) groups is 1. The van der Waals surface area contributed by atoms with Gasteiger partial charge >= 0.3 is 0 Å². The summed E-state index contributed by atoms with van der Waals surface area (Å²) in [5.74, 6) is -1.45. The number of amides is 1. The van der Waals surface area contributed by atoms with Crippen molar-refractivity contribution >= 4 is 15.9 Å². The van der Waals surface area contributed by atoms with Crippen LogP contribution in [0.2, 0.25) is 0 Å². The summed E-state index contributed by atoms with van der Waals surface area (Å²) in [7, 11) is -3.92. The fraction of sp³-hybridized carbons (Fsp3) is 0. The lowest BCUT2D eigenvalue weighted by atomic mass is 10.2. The molecule has 0 aliphatic heterocycles. The Morgan fingerprint density at radius 2 is 1.84 bits per heavy atom. The van der Waals surface area contributed by atoms with Crippen molar-refractivity contribution < 1.29 is 17.6 Å². The van der Waals surface area contributed by atoms with E-state index in [9.17, 15) is 17.6 Å². The second kappa shape index (κ2) is 6.83. The highest BCUT2D eigenvalue weighted by molar-refractivity contribution is 7.89. The zero-order chi connectivity index (χ0) is 17.9. The molecule has 0 bridgehead atoms. The Labute approximate surface area is 143 Å². The van der Waals surface area contributed by atoms with Gasteiger partial charge in [0.2, 0.25) is 0 Å². The number of aromatic nitrogens is 2. The summed E-state index contributed by atoms with van der Waals surface area (Å²) >= 11 is 0. The standard InChI is InChI=1S/C16H13FN4O3S/c17-13-9-12(10-14(11-13)21-8-4-7-18-21)16(22)19-20-25(23,24)15-5-2-1-3-6-15/h1-11,20H,(H,19,22). The largest absolute Gasteiger partial charge is 0.273 e. The molecule has 9 heteroatoms. The van der Waals surface area contributed by atoms with Crippen LogP contribution in [0, 0.1) is 5.82 Å². The summed E-state index contributed by atoms with van der Waals surface area (Å²) in [4.78, 5) is 14.1. The molecule has 1 amide bonds. The molecule has 0 atom stereocenters. The lowest BCUT2D eigenvalue weighted by Gasteiger charge is -2.10. The van der Waals surface area contributed by atoms with Gasteiger partial charge in [-0.05, 0) is 36.4 Å². The summed E-state index contributed by atoms with van der Waals surface area (Å²) in [6.45, 7) is 0. The number of hydrogen-bond donors (Lipinski definition) is 2. The predicted molar refractivity (Wildman–Crippen MR) is 87.8 cm³/mol. The summed E-state index contributed by atoms with van der Waals surface area (Å²) in [6, 6.07) is 12.8. The number of rotatable bonds is 5. The molecule has 3 aromatic rings. The molecule has 1 aromatic heterocycles. The highest BCUT2D eigenvalue weighted by atomic mass is 32.2. The molecule has 0 unspecified atom stereocenters. The van der Waals surface area contributed by atoms with Crippen LogP contribution in [0.4, 0.5) is 4.39 Å². The van der Waals surface area contributed by atoms with Crippen LogP contribution >= 0.6 is 0 Å². The molecular weight excluding hydrogens is 347 g/mol. The first-order valence-electron chi connectivity index (χ1n) is 7.13. The van der Waals surface area contributed by atoms with Gasteiger partial charge in [0.1, 0.15) is 5.82 Å². The van der Waals surface area contributed by atoms with E-state index in [1.165, 1.54) is 35.1 Å². The Bertz CT molecular complexity index is 989. The number of carbonyl (C=O) groups excluding carboxylic acids is 1. The van der Waals surface area contributed by atoms with E-state index < -0.39 is 21.7 Å². The quantitative estimate of drug-likeness (QED) is 0.677. The normalized spacial score (nSPS) is 11.2. The maximum atomic E-state index is 13.8. The van der Waals surface area contributed by atoms with Gasteiger partial charge in [0.05, 0.1) is 10.6 Å². The minimum atomic E-state index is -3.92. The number of benzene rings is 2. The van der Waals surface area contributed by atoms with Gasteiger partial charge in [-0.2, -0.15) is 5.10 Å². The molecule has 0 fully saturated rings. The molecule has 0 aliphatic carbocycles. The molecule has 1 heterocycles. The summed E-state index contributed by atoms with van der Waals surface area (Å²) in [5.41, 5.74) is 2.34. The Kier molecular flexibility index (Phi) is 4.59. The van der Waals surface area contributed by atoms with E-state index in [0.717, 1.165) is 6.07 Å². The highest BCUT2D eigenvalue weighted by Crippen LogP contribution is 2.13.